The number of nitrogens with zero attached hydrogens (tertiary/aromatic N) is 4. The van der Waals surface area contributed by atoms with Crippen LogP contribution < -0.4 is 11.3 Å². The van der Waals surface area contributed by atoms with Crippen molar-refractivity contribution in [2.45, 2.75) is 19.4 Å². The van der Waals surface area contributed by atoms with E-state index in [0.717, 1.165) is 0 Å². The Morgan fingerprint density at radius 1 is 1.30 bits per heavy atom. The van der Waals surface area contributed by atoms with E-state index in [2.05, 4.69) is 10.3 Å². The Hall–Kier alpha value is -2.77. The molecule has 1 aromatic carbocycles. The fraction of sp³-hybridized carbons (Fsp3) is 0.400. The number of nitrogens with two attached hydrogens (primary N) is 1. The molecule has 0 aliphatic carbocycles. The van der Waals surface area contributed by atoms with E-state index in [1.54, 1.807) is 29.2 Å². The molecule has 1 aliphatic rings. The highest BCUT2D eigenvalue weighted by Crippen LogP contribution is 2.16. The fourth-order valence-corrected chi connectivity index (χ4v) is 2.75. The number of carbonyl (C=O) groups is 2. The van der Waals surface area contributed by atoms with E-state index in [0.29, 0.717) is 30.4 Å². The van der Waals surface area contributed by atoms with Crippen LogP contribution in [0.15, 0.2) is 29.1 Å². The van der Waals surface area contributed by atoms with E-state index in [1.165, 1.54) is 4.68 Å². The molecule has 1 atom stereocenters. The summed E-state index contributed by atoms with van der Waals surface area (Å²) >= 11 is 0. The molecule has 120 valence electrons. The molecule has 0 saturated carbocycles. The number of primary amides is 1. The second-order valence-electron chi connectivity index (χ2n) is 5.61. The summed E-state index contributed by atoms with van der Waals surface area (Å²) in [5, 5.41) is 8.31. The zero-order valence-electron chi connectivity index (χ0n) is 12.5. The molecular formula is C15H17N5O3. The van der Waals surface area contributed by atoms with Crippen molar-refractivity contribution in [3.8, 4) is 0 Å². The van der Waals surface area contributed by atoms with Gasteiger partial charge in [0.05, 0.1) is 17.8 Å². The predicted molar refractivity (Wildman–Crippen MR) is 82.3 cm³/mol. The number of hydrogen-bond donors (Lipinski definition) is 1. The second kappa shape index (κ2) is 6.15. The van der Waals surface area contributed by atoms with E-state index in [1.807, 2.05) is 0 Å². The molecule has 0 spiro atoms. The maximum atomic E-state index is 12.3. The largest absolute Gasteiger partial charge is 0.369 e. The number of hydrogen-bond acceptors (Lipinski definition) is 5. The molecule has 2 heterocycles. The van der Waals surface area contributed by atoms with Gasteiger partial charge in [0.25, 0.3) is 5.56 Å². The van der Waals surface area contributed by atoms with Crippen LogP contribution in [0.3, 0.4) is 0 Å². The van der Waals surface area contributed by atoms with E-state index >= 15 is 0 Å². The molecule has 8 nitrogen and oxygen atoms in total. The lowest BCUT2D eigenvalue weighted by Gasteiger charge is -2.15. The van der Waals surface area contributed by atoms with Crippen molar-refractivity contribution in [3.63, 3.8) is 0 Å². The van der Waals surface area contributed by atoms with Gasteiger partial charge in [0, 0.05) is 19.5 Å². The SMILES string of the molecule is NC(=O)[C@H]1CCN(C(=O)CCn2nnc3ccccc3c2=O)C1. The third kappa shape index (κ3) is 3.05. The summed E-state index contributed by atoms with van der Waals surface area (Å²) in [6, 6.07) is 6.94. The Morgan fingerprint density at radius 2 is 2.09 bits per heavy atom. The number of amides is 2. The van der Waals surface area contributed by atoms with Crippen molar-refractivity contribution in [3.05, 3.63) is 34.6 Å². The molecule has 2 amide bonds. The molecule has 2 aromatic rings. The van der Waals surface area contributed by atoms with Gasteiger partial charge in [-0.25, -0.2) is 4.68 Å². The van der Waals surface area contributed by atoms with Gasteiger partial charge in [-0.3, -0.25) is 14.4 Å². The van der Waals surface area contributed by atoms with Crippen LogP contribution in [0, 0.1) is 5.92 Å². The van der Waals surface area contributed by atoms with Gasteiger partial charge in [-0.2, -0.15) is 0 Å². The van der Waals surface area contributed by atoms with Crippen molar-refractivity contribution in [1.29, 1.82) is 0 Å². The first kappa shape index (κ1) is 15.1. The molecule has 3 rings (SSSR count). The maximum absolute atomic E-state index is 12.3. The van der Waals surface area contributed by atoms with Crippen molar-refractivity contribution < 1.29 is 9.59 Å². The van der Waals surface area contributed by atoms with E-state index in [4.69, 9.17) is 5.73 Å². The van der Waals surface area contributed by atoms with E-state index in [9.17, 15) is 14.4 Å². The molecule has 1 aliphatic heterocycles. The number of carbonyl (C=O) groups excluding carboxylic acids is 2. The Kier molecular flexibility index (Phi) is 4.05. The van der Waals surface area contributed by atoms with Gasteiger partial charge >= 0.3 is 0 Å². The summed E-state index contributed by atoms with van der Waals surface area (Å²) in [5.41, 5.74) is 5.52. The lowest BCUT2D eigenvalue weighted by atomic mass is 10.1. The Morgan fingerprint density at radius 3 is 2.83 bits per heavy atom. The highest BCUT2D eigenvalue weighted by molar-refractivity contribution is 5.81. The maximum Gasteiger partial charge on any atom is 0.277 e. The molecule has 0 radical (unpaired) electrons. The molecule has 1 saturated heterocycles. The third-order valence-corrected chi connectivity index (χ3v) is 4.11. The predicted octanol–water partition coefficient (Wildman–Crippen LogP) is -0.485. The minimum atomic E-state index is -0.378. The van der Waals surface area contributed by atoms with Crippen LogP contribution in [0.2, 0.25) is 0 Å². The van der Waals surface area contributed by atoms with Gasteiger partial charge in [-0.15, -0.1) is 5.10 Å². The first-order valence-electron chi connectivity index (χ1n) is 7.46. The lowest BCUT2D eigenvalue weighted by molar-refractivity contribution is -0.130. The topological polar surface area (TPSA) is 111 Å². The van der Waals surface area contributed by atoms with Crippen molar-refractivity contribution in [2.75, 3.05) is 13.1 Å². The first-order chi connectivity index (χ1) is 11.1. The van der Waals surface area contributed by atoms with Crippen LogP contribution >= 0.6 is 0 Å². The molecule has 1 aromatic heterocycles. The summed E-state index contributed by atoms with van der Waals surface area (Å²) in [5.74, 6) is -0.769. The van der Waals surface area contributed by atoms with Gasteiger partial charge < -0.3 is 10.6 Å². The highest BCUT2D eigenvalue weighted by atomic mass is 16.2. The molecule has 2 N–H and O–H groups in total. The van der Waals surface area contributed by atoms with Crippen LogP contribution in [0.4, 0.5) is 0 Å². The van der Waals surface area contributed by atoms with Crippen LogP contribution in [0.25, 0.3) is 10.9 Å². The number of rotatable bonds is 4. The van der Waals surface area contributed by atoms with Gasteiger partial charge in [0.15, 0.2) is 0 Å². The van der Waals surface area contributed by atoms with E-state index in [-0.39, 0.29) is 36.3 Å². The highest BCUT2D eigenvalue weighted by Gasteiger charge is 2.29. The summed E-state index contributed by atoms with van der Waals surface area (Å²) in [7, 11) is 0. The van der Waals surface area contributed by atoms with Gasteiger partial charge in [-0.05, 0) is 18.6 Å². The van der Waals surface area contributed by atoms with Gasteiger partial charge in [0.2, 0.25) is 11.8 Å². The Bertz CT molecular complexity index is 816. The summed E-state index contributed by atoms with van der Waals surface area (Å²) in [4.78, 5) is 37.2. The summed E-state index contributed by atoms with van der Waals surface area (Å²) < 4.78 is 1.20. The number of likely N-dealkylation sites (tertiary alicyclic amines) is 1. The molecule has 1 fully saturated rings. The quantitative estimate of drug-likeness (QED) is 0.819. The van der Waals surface area contributed by atoms with Crippen LogP contribution in [-0.2, 0) is 16.1 Å². The van der Waals surface area contributed by atoms with Gasteiger partial charge in [0.1, 0.15) is 5.52 Å². The van der Waals surface area contributed by atoms with Crippen molar-refractivity contribution in [2.24, 2.45) is 11.7 Å². The standard InChI is InChI=1S/C15H17N5O3/c16-14(22)10-5-7-19(9-10)13(21)6-8-20-15(23)11-3-1-2-4-12(11)17-18-20/h1-4,10H,5-9H2,(H2,16,22)/t10-/m0/s1. The Labute approximate surface area is 131 Å². The van der Waals surface area contributed by atoms with Crippen molar-refractivity contribution in [1.82, 2.24) is 19.9 Å². The Balaban J connectivity index is 1.67. The lowest BCUT2D eigenvalue weighted by Crippen LogP contribution is -2.33. The fourth-order valence-electron chi connectivity index (χ4n) is 2.75. The molecule has 0 bridgehead atoms. The van der Waals surface area contributed by atoms with Gasteiger partial charge in [-0.1, -0.05) is 17.3 Å². The summed E-state index contributed by atoms with van der Waals surface area (Å²) in [6.07, 6.45) is 0.731. The number of benzene rings is 1. The zero-order chi connectivity index (χ0) is 16.4. The molecule has 0 unspecified atom stereocenters. The van der Waals surface area contributed by atoms with Crippen LogP contribution in [0.1, 0.15) is 12.8 Å². The normalized spacial score (nSPS) is 17.6. The molecule has 8 heteroatoms. The van der Waals surface area contributed by atoms with E-state index < -0.39 is 0 Å². The third-order valence-electron chi connectivity index (χ3n) is 4.11. The second-order valence-corrected chi connectivity index (χ2v) is 5.61. The number of aromatic nitrogens is 3. The van der Waals surface area contributed by atoms with Crippen molar-refractivity contribution >= 4 is 22.7 Å². The zero-order valence-corrected chi connectivity index (χ0v) is 12.5. The van der Waals surface area contributed by atoms with Crippen LogP contribution in [-0.4, -0.2) is 44.8 Å². The minimum Gasteiger partial charge on any atom is -0.369 e. The molecular weight excluding hydrogens is 298 g/mol. The minimum absolute atomic E-state index is 0.115. The smallest absolute Gasteiger partial charge is 0.277 e. The monoisotopic (exact) mass is 315 g/mol. The van der Waals surface area contributed by atoms with Crippen LogP contribution in [0.5, 0.6) is 0 Å². The average Bonchev–Trinajstić information content (AvgIpc) is 3.04. The number of aryl methyl sites for hydroxylation is 1. The average molecular weight is 315 g/mol. The molecule has 23 heavy (non-hydrogen) atoms. The first-order valence-corrected chi connectivity index (χ1v) is 7.46. The number of fused-ring (bicyclic) bond motifs is 1. The summed E-state index contributed by atoms with van der Waals surface area (Å²) in [6.45, 7) is 1.03.